The van der Waals surface area contributed by atoms with E-state index in [4.69, 9.17) is 4.74 Å². The molecule has 2 N–H and O–H groups in total. The van der Waals surface area contributed by atoms with E-state index in [1.807, 2.05) is 26.0 Å². The number of piperazine rings is 1. The fourth-order valence-corrected chi connectivity index (χ4v) is 2.29. The van der Waals surface area contributed by atoms with Crippen LogP contribution in [0.15, 0.2) is 18.2 Å². The van der Waals surface area contributed by atoms with E-state index in [-0.39, 0.29) is 0 Å². The van der Waals surface area contributed by atoms with E-state index in [9.17, 15) is 5.11 Å². The normalized spacial score (nSPS) is 18.3. The molecular formula is C15H24N2O2. The Morgan fingerprint density at radius 3 is 2.79 bits per heavy atom. The van der Waals surface area contributed by atoms with Gasteiger partial charge in [0.05, 0.1) is 0 Å². The van der Waals surface area contributed by atoms with E-state index in [0.717, 1.165) is 37.5 Å². The summed E-state index contributed by atoms with van der Waals surface area (Å²) < 4.78 is 5.73. The zero-order valence-electron chi connectivity index (χ0n) is 11.9. The van der Waals surface area contributed by atoms with Crippen LogP contribution in [-0.2, 0) is 0 Å². The first-order chi connectivity index (χ1) is 9.15. The molecule has 1 atom stereocenters. The van der Waals surface area contributed by atoms with E-state index >= 15 is 0 Å². The van der Waals surface area contributed by atoms with Crippen molar-refractivity contribution in [2.75, 3.05) is 39.3 Å². The van der Waals surface area contributed by atoms with Gasteiger partial charge in [-0.15, -0.1) is 0 Å². The summed E-state index contributed by atoms with van der Waals surface area (Å²) in [5, 5.41) is 13.3. The lowest BCUT2D eigenvalue weighted by Gasteiger charge is -2.29. The zero-order chi connectivity index (χ0) is 13.7. The van der Waals surface area contributed by atoms with E-state index in [2.05, 4.69) is 16.3 Å². The minimum Gasteiger partial charge on any atom is -0.491 e. The molecule has 0 aliphatic carbocycles. The quantitative estimate of drug-likeness (QED) is 0.831. The Labute approximate surface area is 115 Å². The highest BCUT2D eigenvalue weighted by Gasteiger charge is 2.15. The zero-order valence-corrected chi connectivity index (χ0v) is 11.9. The molecular weight excluding hydrogens is 240 g/mol. The summed E-state index contributed by atoms with van der Waals surface area (Å²) in [6, 6.07) is 6.14. The van der Waals surface area contributed by atoms with Gasteiger partial charge in [-0.05, 0) is 31.0 Å². The van der Waals surface area contributed by atoms with Gasteiger partial charge in [0.15, 0.2) is 0 Å². The van der Waals surface area contributed by atoms with Crippen molar-refractivity contribution >= 4 is 0 Å². The Hall–Kier alpha value is -1.10. The first-order valence-electron chi connectivity index (χ1n) is 6.96. The molecule has 1 aromatic carbocycles. The van der Waals surface area contributed by atoms with Crippen LogP contribution in [0.4, 0.5) is 0 Å². The van der Waals surface area contributed by atoms with Gasteiger partial charge in [0.25, 0.3) is 0 Å². The molecule has 1 aromatic rings. The van der Waals surface area contributed by atoms with Gasteiger partial charge in [-0.25, -0.2) is 0 Å². The highest BCUT2D eigenvalue weighted by atomic mass is 16.5. The average molecular weight is 264 g/mol. The van der Waals surface area contributed by atoms with Crippen molar-refractivity contribution in [2.24, 2.45) is 0 Å². The van der Waals surface area contributed by atoms with Crippen LogP contribution in [-0.4, -0.2) is 55.4 Å². The van der Waals surface area contributed by atoms with Gasteiger partial charge in [0.1, 0.15) is 18.5 Å². The number of hydrogen-bond acceptors (Lipinski definition) is 4. The number of hydrogen-bond donors (Lipinski definition) is 2. The fraction of sp³-hybridized carbons (Fsp3) is 0.600. The van der Waals surface area contributed by atoms with Gasteiger partial charge in [0, 0.05) is 32.7 Å². The number of aliphatic hydroxyl groups is 1. The molecule has 0 bridgehead atoms. The van der Waals surface area contributed by atoms with Gasteiger partial charge >= 0.3 is 0 Å². The lowest BCUT2D eigenvalue weighted by atomic mass is 10.1. The third-order valence-corrected chi connectivity index (χ3v) is 3.45. The van der Waals surface area contributed by atoms with Gasteiger partial charge < -0.3 is 15.2 Å². The highest BCUT2D eigenvalue weighted by Crippen LogP contribution is 2.19. The van der Waals surface area contributed by atoms with E-state index < -0.39 is 6.10 Å². The van der Waals surface area contributed by atoms with Crippen molar-refractivity contribution in [3.63, 3.8) is 0 Å². The number of aliphatic hydroxyl groups excluding tert-OH is 1. The second-order valence-electron chi connectivity index (χ2n) is 5.28. The number of aryl methyl sites for hydroxylation is 2. The summed E-state index contributed by atoms with van der Waals surface area (Å²) in [6.45, 7) is 9.12. The predicted molar refractivity (Wildman–Crippen MR) is 76.7 cm³/mol. The Morgan fingerprint density at radius 1 is 1.32 bits per heavy atom. The third kappa shape index (κ3) is 4.49. The molecule has 0 spiro atoms. The smallest absolute Gasteiger partial charge is 0.122 e. The van der Waals surface area contributed by atoms with Crippen LogP contribution < -0.4 is 10.1 Å². The molecule has 4 nitrogen and oxygen atoms in total. The number of β-amino-alcohol motifs (C(OH)–C–C–N with tert-alkyl or cyclic N) is 1. The molecule has 1 saturated heterocycles. The maximum atomic E-state index is 10.0. The van der Waals surface area contributed by atoms with Crippen molar-refractivity contribution in [3.05, 3.63) is 29.3 Å². The van der Waals surface area contributed by atoms with Crippen LogP contribution in [0, 0.1) is 13.8 Å². The topological polar surface area (TPSA) is 44.7 Å². The Morgan fingerprint density at radius 2 is 2.05 bits per heavy atom. The molecule has 2 rings (SSSR count). The van der Waals surface area contributed by atoms with E-state index in [0.29, 0.717) is 13.2 Å². The average Bonchev–Trinajstić information content (AvgIpc) is 2.41. The van der Waals surface area contributed by atoms with Gasteiger partial charge in [-0.1, -0.05) is 12.1 Å². The maximum Gasteiger partial charge on any atom is 0.122 e. The van der Waals surface area contributed by atoms with Crippen LogP contribution in [0.3, 0.4) is 0 Å². The largest absolute Gasteiger partial charge is 0.491 e. The van der Waals surface area contributed by atoms with Crippen LogP contribution >= 0.6 is 0 Å². The molecule has 1 aliphatic heterocycles. The molecule has 0 saturated carbocycles. The van der Waals surface area contributed by atoms with Crippen molar-refractivity contribution in [1.29, 1.82) is 0 Å². The second kappa shape index (κ2) is 6.89. The summed E-state index contributed by atoms with van der Waals surface area (Å²) in [7, 11) is 0. The number of nitrogens with one attached hydrogen (secondary N) is 1. The van der Waals surface area contributed by atoms with Gasteiger partial charge in [-0.2, -0.15) is 0 Å². The summed E-state index contributed by atoms with van der Waals surface area (Å²) >= 11 is 0. The molecule has 0 aromatic heterocycles. The summed E-state index contributed by atoms with van der Waals surface area (Å²) in [5.41, 5.74) is 2.29. The van der Waals surface area contributed by atoms with Crippen LogP contribution in [0.2, 0.25) is 0 Å². The SMILES string of the molecule is Cc1ccc(C)c(OCC(O)CN2CCNCC2)c1. The Kier molecular flexibility index (Phi) is 5.19. The minimum absolute atomic E-state index is 0.355. The first kappa shape index (κ1) is 14.3. The standard InChI is InChI=1S/C15H24N2O2/c1-12-3-4-13(2)15(9-12)19-11-14(18)10-17-7-5-16-6-8-17/h3-4,9,14,16,18H,5-8,10-11H2,1-2H3. The lowest BCUT2D eigenvalue weighted by Crippen LogP contribution is -2.47. The number of ether oxygens (including phenoxy) is 1. The summed E-state index contributed by atoms with van der Waals surface area (Å²) in [6.07, 6.45) is -0.432. The minimum atomic E-state index is -0.432. The monoisotopic (exact) mass is 264 g/mol. The number of rotatable bonds is 5. The van der Waals surface area contributed by atoms with Crippen LogP contribution in [0.1, 0.15) is 11.1 Å². The molecule has 1 aliphatic rings. The van der Waals surface area contributed by atoms with Crippen molar-refractivity contribution in [1.82, 2.24) is 10.2 Å². The van der Waals surface area contributed by atoms with Crippen LogP contribution in [0.25, 0.3) is 0 Å². The van der Waals surface area contributed by atoms with Crippen molar-refractivity contribution in [3.8, 4) is 5.75 Å². The Balaban J connectivity index is 1.79. The van der Waals surface area contributed by atoms with Crippen LogP contribution in [0.5, 0.6) is 5.75 Å². The number of benzene rings is 1. The molecule has 1 fully saturated rings. The first-order valence-corrected chi connectivity index (χ1v) is 6.96. The molecule has 1 unspecified atom stereocenters. The Bertz CT molecular complexity index is 403. The molecule has 0 amide bonds. The fourth-order valence-electron chi connectivity index (χ4n) is 2.29. The number of nitrogens with zero attached hydrogens (tertiary/aromatic N) is 1. The van der Waals surface area contributed by atoms with Crippen molar-refractivity contribution < 1.29 is 9.84 Å². The van der Waals surface area contributed by atoms with Gasteiger partial charge in [0.2, 0.25) is 0 Å². The molecule has 0 radical (unpaired) electrons. The van der Waals surface area contributed by atoms with Crippen molar-refractivity contribution in [2.45, 2.75) is 20.0 Å². The lowest BCUT2D eigenvalue weighted by molar-refractivity contribution is 0.0639. The third-order valence-electron chi connectivity index (χ3n) is 3.45. The maximum absolute atomic E-state index is 10.0. The van der Waals surface area contributed by atoms with E-state index in [1.165, 1.54) is 5.56 Å². The van der Waals surface area contributed by atoms with Gasteiger partial charge in [-0.3, -0.25) is 4.90 Å². The highest BCUT2D eigenvalue weighted by molar-refractivity contribution is 5.35. The molecule has 19 heavy (non-hydrogen) atoms. The van der Waals surface area contributed by atoms with E-state index in [1.54, 1.807) is 0 Å². The molecule has 4 heteroatoms. The molecule has 1 heterocycles. The molecule has 106 valence electrons. The predicted octanol–water partition coefficient (Wildman–Crippen LogP) is 0.948. The summed E-state index contributed by atoms with van der Waals surface area (Å²) in [4.78, 5) is 2.27. The summed E-state index contributed by atoms with van der Waals surface area (Å²) in [5.74, 6) is 0.874. The second-order valence-corrected chi connectivity index (χ2v) is 5.28.